The molecule has 0 bridgehead atoms. The maximum atomic E-state index is 12.6. The second-order valence-corrected chi connectivity index (χ2v) is 7.88. The van der Waals surface area contributed by atoms with Crippen LogP contribution >= 0.6 is 11.5 Å². The first-order valence-corrected chi connectivity index (χ1v) is 10.3. The summed E-state index contributed by atoms with van der Waals surface area (Å²) in [6.07, 6.45) is 4.16. The number of hydrogen-bond donors (Lipinski definition) is 2. The minimum Gasteiger partial charge on any atom is -0.477 e. The molecule has 4 aromatic heterocycles. The lowest BCUT2D eigenvalue weighted by molar-refractivity contribution is -0.120. The maximum Gasteiger partial charge on any atom is 0.341 e. The molecule has 0 atom stereocenters. The van der Waals surface area contributed by atoms with Crippen LogP contribution in [0.3, 0.4) is 0 Å². The van der Waals surface area contributed by atoms with E-state index in [2.05, 4.69) is 24.6 Å². The van der Waals surface area contributed by atoms with Crippen LogP contribution < -0.4 is 15.6 Å². The van der Waals surface area contributed by atoms with Gasteiger partial charge in [-0.1, -0.05) is 6.07 Å². The minimum atomic E-state index is -1.33. The van der Waals surface area contributed by atoms with Gasteiger partial charge >= 0.3 is 5.97 Å². The molecule has 0 spiro atoms. The third kappa shape index (κ3) is 3.46. The Labute approximate surface area is 184 Å². The van der Waals surface area contributed by atoms with Gasteiger partial charge in [-0.05, 0) is 24.3 Å². The van der Waals surface area contributed by atoms with Gasteiger partial charge in [-0.25, -0.2) is 19.7 Å². The van der Waals surface area contributed by atoms with Gasteiger partial charge in [0.1, 0.15) is 23.5 Å². The number of anilines is 2. The Morgan fingerprint density at radius 2 is 2.00 bits per heavy atom. The number of carboxylic acid groups (broad SMARTS) is 1. The SMILES string of the molecule is O=C(O)c1cn(-c2ncns2)c2nc(N3CC(C(=O)Nc4ccccn4)C3)ccc2c1=O. The van der Waals surface area contributed by atoms with E-state index in [1.165, 1.54) is 17.1 Å². The van der Waals surface area contributed by atoms with Gasteiger partial charge in [0.25, 0.3) is 0 Å². The minimum absolute atomic E-state index is 0.127. The van der Waals surface area contributed by atoms with Crippen molar-refractivity contribution in [2.24, 2.45) is 5.92 Å². The van der Waals surface area contributed by atoms with Gasteiger partial charge < -0.3 is 15.3 Å². The Hall–Kier alpha value is -4.19. The zero-order valence-corrected chi connectivity index (χ0v) is 17.2. The van der Waals surface area contributed by atoms with Crippen LogP contribution in [0.15, 0.2) is 53.8 Å². The Bertz CT molecular complexity index is 1380. The number of fused-ring (bicyclic) bond motifs is 1. The lowest BCUT2D eigenvalue weighted by Crippen LogP contribution is -2.52. The molecule has 2 N–H and O–H groups in total. The molecule has 1 aliphatic rings. The van der Waals surface area contributed by atoms with E-state index in [1.807, 2.05) is 4.90 Å². The number of aromatic carboxylic acids is 1. The molecule has 1 fully saturated rings. The number of rotatable bonds is 5. The van der Waals surface area contributed by atoms with E-state index in [-0.39, 0.29) is 28.4 Å². The maximum absolute atomic E-state index is 12.6. The van der Waals surface area contributed by atoms with Crippen LogP contribution in [-0.2, 0) is 4.79 Å². The molecule has 11 nitrogen and oxygen atoms in total. The molecule has 1 amide bonds. The zero-order chi connectivity index (χ0) is 22.2. The summed E-state index contributed by atoms with van der Waals surface area (Å²) < 4.78 is 5.40. The molecule has 32 heavy (non-hydrogen) atoms. The number of nitrogens with zero attached hydrogens (tertiary/aromatic N) is 6. The van der Waals surface area contributed by atoms with Crippen LogP contribution in [0.1, 0.15) is 10.4 Å². The van der Waals surface area contributed by atoms with E-state index in [1.54, 1.807) is 36.5 Å². The fourth-order valence-electron chi connectivity index (χ4n) is 3.44. The highest BCUT2D eigenvalue weighted by Gasteiger charge is 2.34. The van der Waals surface area contributed by atoms with Crippen molar-refractivity contribution in [1.29, 1.82) is 0 Å². The number of carbonyl (C=O) groups excluding carboxylic acids is 1. The number of pyridine rings is 3. The summed E-state index contributed by atoms with van der Waals surface area (Å²) in [5.74, 6) is -0.620. The second-order valence-electron chi connectivity index (χ2n) is 7.12. The number of carboxylic acids is 1. The quantitative estimate of drug-likeness (QED) is 0.462. The molecule has 5 rings (SSSR count). The molecule has 0 saturated carbocycles. The summed E-state index contributed by atoms with van der Waals surface area (Å²) >= 11 is 1.05. The summed E-state index contributed by atoms with van der Waals surface area (Å²) in [7, 11) is 0. The van der Waals surface area contributed by atoms with Gasteiger partial charge in [-0.2, -0.15) is 4.37 Å². The summed E-state index contributed by atoms with van der Waals surface area (Å²) in [5, 5.41) is 12.7. The van der Waals surface area contributed by atoms with Gasteiger partial charge in [0.05, 0.1) is 11.3 Å². The van der Waals surface area contributed by atoms with Crippen molar-refractivity contribution >= 4 is 46.1 Å². The predicted molar refractivity (Wildman–Crippen MR) is 116 cm³/mol. The zero-order valence-electron chi connectivity index (χ0n) is 16.4. The van der Waals surface area contributed by atoms with Crippen LogP contribution in [0, 0.1) is 5.92 Å². The van der Waals surface area contributed by atoms with Crippen molar-refractivity contribution in [3.05, 3.63) is 64.8 Å². The van der Waals surface area contributed by atoms with E-state index in [0.717, 1.165) is 11.5 Å². The highest BCUT2D eigenvalue weighted by molar-refractivity contribution is 7.08. The standard InChI is InChI=1S/C20H15N7O4S/c28-16-12-4-5-15(26-7-11(8-26)18(29)24-14-3-1-2-6-21-14)25-17(12)27(9-13(16)19(30)31)20-22-10-23-32-20/h1-6,9-11H,7-8H2,(H,30,31)(H,21,24,29). The lowest BCUT2D eigenvalue weighted by Gasteiger charge is -2.39. The Kier molecular flexibility index (Phi) is 4.82. The molecule has 4 aromatic rings. The van der Waals surface area contributed by atoms with Crippen molar-refractivity contribution in [3.63, 3.8) is 0 Å². The molecule has 12 heteroatoms. The van der Waals surface area contributed by atoms with Gasteiger partial charge in [0, 0.05) is 37.0 Å². The fourth-order valence-corrected chi connectivity index (χ4v) is 3.95. The van der Waals surface area contributed by atoms with Crippen molar-refractivity contribution < 1.29 is 14.7 Å². The molecule has 5 heterocycles. The van der Waals surface area contributed by atoms with E-state index in [4.69, 9.17) is 0 Å². The second kappa shape index (κ2) is 7.81. The van der Waals surface area contributed by atoms with Crippen molar-refractivity contribution in [2.75, 3.05) is 23.3 Å². The molecular weight excluding hydrogens is 434 g/mol. The largest absolute Gasteiger partial charge is 0.477 e. The molecule has 160 valence electrons. The smallest absolute Gasteiger partial charge is 0.341 e. The summed E-state index contributed by atoms with van der Waals surface area (Å²) in [6, 6.07) is 8.48. The van der Waals surface area contributed by atoms with Crippen LogP contribution in [0.25, 0.3) is 16.2 Å². The first kappa shape index (κ1) is 19.8. The monoisotopic (exact) mass is 449 g/mol. The first-order chi connectivity index (χ1) is 15.5. The number of nitrogens with one attached hydrogen (secondary N) is 1. The van der Waals surface area contributed by atoms with E-state index >= 15 is 0 Å². The summed E-state index contributed by atoms with van der Waals surface area (Å²) in [4.78, 5) is 51.3. The summed E-state index contributed by atoms with van der Waals surface area (Å²) in [5.41, 5.74) is -0.725. The number of hydrogen-bond acceptors (Lipinski definition) is 9. The number of carbonyl (C=O) groups is 2. The van der Waals surface area contributed by atoms with Crippen molar-refractivity contribution in [2.45, 2.75) is 0 Å². The molecule has 0 unspecified atom stereocenters. The third-order valence-corrected chi connectivity index (χ3v) is 5.78. The molecular formula is C20H15N7O4S. The van der Waals surface area contributed by atoms with E-state index < -0.39 is 11.4 Å². The van der Waals surface area contributed by atoms with Crippen LogP contribution in [-0.4, -0.2) is 54.0 Å². The normalized spacial score (nSPS) is 13.7. The lowest BCUT2D eigenvalue weighted by atomic mass is 9.99. The van der Waals surface area contributed by atoms with Crippen LogP contribution in [0.5, 0.6) is 0 Å². The summed E-state index contributed by atoms with van der Waals surface area (Å²) in [6.45, 7) is 0.904. The van der Waals surface area contributed by atoms with Gasteiger partial charge in [-0.3, -0.25) is 14.2 Å². The van der Waals surface area contributed by atoms with Gasteiger partial charge in [0.15, 0.2) is 5.65 Å². The van der Waals surface area contributed by atoms with Gasteiger partial charge in [0.2, 0.25) is 16.5 Å². The van der Waals surface area contributed by atoms with Crippen LogP contribution in [0.2, 0.25) is 0 Å². The number of amides is 1. The molecule has 1 aliphatic heterocycles. The van der Waals surface area contributed by atoms with E-state index in [9.17, 15) is 19.5 Å². The highest BCUT2D eigenvalue weighted by Crippen LogP contribution is 2.26. The molecule has 0 radical (unpaired) electrons. The average Bonchev–Trinajstić information content (AvgIpc) is 3.28. The topological polar surface area (TPSA) is 143 Å². The predicted octanol–water partition coefficient (Wildman–Crippen LogP) is 1.41. The van der Waals surface area contributed by atoms with Gasteiger partial charge in [-0.15, -0.1) is 0 Å². The Morgan fingerprint density at radius 3 is 2.69 bits per heavy atom. The van der Waals surface area contributed by atoms with Crippen molar-refractivity contribution in [3.8, 4) is 5.13 Å². The van der Waals surface area contributed by atoms with Crippen molar-refractivity contribution in [1.82, 2.24) is 23.9 Å². The Balaban J connectivity index is 1.43. The first-order valence-electron chi connectivity index (χ1n) is 9.55. The molecule has 0 aliphatic carbocycles. The average molecular weight is 449 g/mol. The molecule has 0 aromatic carbocycles. The molecule has 1 saturated heterocycles. The van der Waals surface area contributed by atoms with E-state index in [0.29, 0.717) is 29.9 Å². The third-order valence-electron chi connectivity index (χ3n) is 5.11. The number of aromatic nitrogens is 5. The van der Waals surface area contributed by atoms with Crippen LogP contribution in [0.4, 0.5) is 11.6 Å². The Morgan fingerprint density at radius 1 is 1.16 bits per heavy atom. The highest BCUT2D eigenvalue weighted by atomic mass is 32.1. The fraction of sp³-hybridized carbons (Fsp3) is 0.150.